The maximum absolute atomic E-state index is 13.6. The first kappa shape index (κ1) is 35.6. The monoisotopic (exact) mass is 669 g/mol. The number of morpholine rings is 1. The van der Waals surface area contributed by atoms with Crippen molar-refractivity contribution in [3.05, 3.63) is 101 Å². The molecule has 0 unspecified atom stereocenters. The molecule has 260 valence electrons. The van der Waals surface area contributed by atoms with Gasteiger partial charge in [0.25, 0.3) is 5.91 Å². The fourth-order valence-electron chi connectivity index (χ4n) is 5.92. The Labute approximate surface area is 288 Å². The van der Waals surface area contributed by atoms with E-state index in [4.69, 9.17) is 9.47 Å². The van der Waals surface area contributed by atoms with Crippen molar-refractivity contribution in [2.45, 2.75) is 64.3 Å². The molecule has 2 aliphatic rings. The highest BCUT2D eigenvalue weighted by molar-refractivity contribution is 5.99. The number of carbonyl (C=O) groups excluding carboxylic acids is 4. The number of nitrogens with one attached hydrogen (secondary N) is 4. The van der Waals surface area contributed by atoms with Crippen LogP contribution in [0.15, 0.2) is 78.9 Å². The van der Waals surface area contributed by atoms with Crippen LogP contribution in [0.1, 0.15) is 53.7 Å². The molecule has 0 radical (unpaired) electrons. The van der Waals surface area contributed by atoms with Crippen molar-refractivity contribution >= 4 is 23.6 Å². The average molecular weight is 670 g/mol. The average Bonchev–Trinajstić information content (AvgIpc) is 3.11. The molecule has 4 amide bonds. The molecule has 49 heavy (non-hydrogen) atoms. The summed E-state index contributed by atoms with van der Waals surface area (Å²) in [6, 6.07) is 22.1. The minimum absolute atomic E-state index is 0.00170. The van der Waals surface area contributed by atoms with Crippen LogP contribution in [0.5, 0.6) is 5.75 Å². The Kier molecular flexibility index (Phi) is 12.8. The summed E-state index contributed by atoms with van der Waals surface area (Å²) in [5.41, 5.74) is 3.21. The number of carbonyl (C=O) groups is 4. The van der Waals surface area contributed by atoms with Gasteiger partial charge in [0.1, 0.15) is 24.4 Å². The van der Waals surface area contributed by atoms with E-state index in [2.05, 4.69) is 38.3 Å². The van der Waals surface area contributed by atoms with Crippen molar-refractivity contribution in [3.8, 4) is 5.75 Å². The maximum Gasteiger partial charge on any atom is 0.255 e. The fourth-order valence-corrected chi connectivity index (χ4v) is 5.92. The van der Waals surface area contributed by atoms with Gasteiger partial charge in [0, 0.05) is 39.0 Å². The largest absolute Gasteiger partial charge is 0.491 e. The van der Waals surface area contributed by atoms with Crippen molar-refractivity contribution in [1.82, 2.24) is 26.2 Å². The predicted molar refractivity (Wildman–Crippen MR) is 186 cm³/mol. The van der Waals surface area contributed by atoms with E-state index in [0.717, 1.165) is 49.5 Å². The van der Waals surface area contributed by atoms with Gasteiger partial charge in [-0.3, -0.25) is 24.1 Å². The number of benzene rings is 3. The molecule has 3 atom stereocenters. The van der Waals surface area contributed by atoms with Crippen molar-refractivity contribution in [3.63, 3.8) is 0 Å². The van der Waals surface area contributed by atoms with E-state index >= 15 is 0 Å². The predicted octanol–water partition coefficient (Wildman–Crippen LogP) is 2.97. The molecule has 3 aromatic rings. The molecule has 0 bridgehead atoms. The topological polar surface area (TPSA) is 138 Å². The second kappa shape index (κ2) is 17.6. The first-order valence-corrected chi connectivity index (χ1v) is 17.1. The van der Waals surface area contributed by atoms with Crippen LogP contribution in [0.3, 0.4) is 0 Å². The molecule has 0 spiro atoms. The molecule has 0 saturated carbocycles. The fraction of sp³-hybridized carbons (Fsp3) is 0.421. The minimum atomic E-state index is -1.02. The summed E-state index contributed by atoms with van der Waals surface area (Å²) < 4.78 is 11.6. The smallest absolute Gasteiger partial charge is 0.255 e. The van der Waals surface area contributed by atoms with Crippen LogP contribution in [-0.2, 0) is 38.6 Å². The van der Waals surface area contributed by atoms with Gasteiger partial charge in [0.05, 0.1) is 24.8 Å². The number of para-hydroxylation sites is 1. The molecule has 0 aromatic heterocycles. The molecular formula is C38H47N5O6. The highest BCUT2D eigenvalue weighted by atomic mass is 16.5. The zero-order chi connectivity index (χ0) is 34.6. The standard InChI is InChI=1S/C38H47N5O6/c1-26(2)33-25-49-34-14-7-6-13-30(34)36(45)41-31(15-16-35(44)40-32(38(47)42-33)22-27-9-4-3-5-10-27)37(46)39-23-28-11-8-12-29(21-28)24-43-17-19-48-20-18-43/h3-14,21,26,31-33H,15-20,22-25H2,1-2H3,(H,39,46)(H,40,44)(H,41,45)(H,42,47)/t31-,32-,33-/m0/s1. The molecular weight excluding hydrogens is 622 g/mol. The second-order valence-corrected chi connectivity index (χ2v) is 13.0. The molecule has 5 rings (SSSR count). The van der Waals surface area contributed by atoms with Gasteiger partial charge in [0.2, 0.25) is 17.7 Å². The molecule has 4 N–H and O–H groups in total. The Morgan fingerprint density at radius 1 is 0.878 bits per heavy atom. The van der Waals surface area contributed by atoms with Crippen LogP contribution >= 0.6 is 0 Å². The van der Waals surface area contributed by atoms with Crippen LogP contribution in [0.2, 0.25) is 0 Å². The number of hydrogen-bond acceptors (Lipinski definition) is 7. The van der Waals surface area contributed by atoms with Crippen LogP contribution in [0.4, 0.5) is 0 Å². The molecule has 11 heteroatoms. The summed E-state index contributed by atoms with van der Waals surface area (Å²) in [7, 11) is 0. The maximum atomic E-state index is 13.6. The summed E-state index contributed by atoms with van der Waals surface area (Å²) in [5.74, 6) is -1.30. The van der Waals surface area contributed by atoms with E-state index < -0.39 is 35.8 Å². The number of hydrogen-bond donors (Lipinski definition) is 4. The summed E-state index contributed by atoms with van der Waals surface area (Å²) in [4.78, 5) is 56.5. The van der Waals surface area contributed by atoms with Crippen LogP contribution in [-0.4, -0.2) is 79.6 Å². The highest BCUT2D eigenvalue weighted by Crippen LogP contribution is 2.20. The van der Waals surface area contributed by atoms with E-state index in [-0.39, 0.29) is 49.8 Å². The lowest BCUT2D eigenvalue weighted by atomic mass is 10.0. The minimum Gasteiger partial charge on any atom is -0.491 e. The first-order chi connectivity index (χ1) is 23.7. The Morgan fingerprint density at radius 3 is 2.37 bits per heavy atom. The van der Waals surface area contributed by atoms with Crippen LogP contribution < -0.4 is 26.0 Å². The van der Waals surface area contributed by atoms with E-state index in [9.17, 15) is 19.2 Å². The summed E-state index contributed by atoms with van der Waals surface area (Å²) in [6.45, 7) is 8.28. The number of ether oxygens (including phenoxy) is 2. The Bertz CT molecular complexity index is 1580. The van der Waals surface area contributed by atoms with Gasteiger partial charge < -0.3 is 30.7 Å². The first-order valence-electron chi connectivity index (χ1n) is 17.1. The Balaban J connectivity index is 1.34. The molecule has 2 aliphatic heterocycles. The molecule has 0 aliphatic carbocycles. The van der Waals surface area contributed by atoms with E-state index in [0.29, 0.717) is 5.75 Å². The van der Waals surface area contributed by atoms with E-state index in [1.807, 2.05) is 56.3 Å². The molecule has 3 aromatic carbocycles. The van der Waals surface area contributed by atoms with E-state index in [1.54, 1.807) is 24.3 Å². The van der Waals surface area contributed by atoms with E-state index in [1.165, 1.54) is 0 Å². The molecule has 1 saturated heterocycles. The van der Waals surface area contributed by atoms with Crippen molar-refractivity contribution in [2.24, 2.45) is 5.92 Å². The lowest BCUT2D eigenvalue weighted by molar-refractivity contribution is -0.130. The second-order valence-electron chi connectivity index (χ2n) is 13.0. The lowest BCUT2D eigenvalue weighted by Gasteiger charge is -2.26. The van der Waals surface area contributed by atoms with Crippen LogP contribution in [0.25, 0.3) is 0 Å². The number of fused-ring (bicyclic) bond motifs is 1. The summed E-state index contributed by atoms with van der Waals surface area (Å²) in [5, 5.41) is 11.7. The third kappa shape index (κ3) is 10.6. The zero-order valence-electron chi connectivity index (χ0n) is 28.3. The zero-order valence-corrected chi connectivity index (χ0v) is 28.3. The summed E-state index contributed by atoms with van der Waals surface area (Å²) in [6.07, 6.45) is 0.230. The lowest BCUT2D eigenvalue weighted by Crippen LogP contribution is -2.53. The van der Waals surface area contributed by atoms with Gasteiger partial charge >= 0.3 is 0 Å². The van der Waals surface area contributed by atoms with Crippen LogP contribution in [0, 0.1) is 5.92 Å². The quantitative estimate of drug-likeness (QED) is 0.290. The highest BCUT2D eigenvalue weighted by Gasteiger charge is 2.29. The third-order valence-corrected chi connectivity index (χ3v) is 8.87. The van der Waals surface area contributed by atoms with Crippen molar-refractivity contribution in [2.75, 3.05) is 32.9 Å². The normalized spacial score (nSPS) is 21.2. The molecule has 11 nitrogen and oxygen atoms in total. The number of nitrogens with zero attached hydrogens (tertiary/aromatic N) is 1. The van der Waals surface area contributed by atoms with Gasteiger partial charge in [-0.05, 0) is 41.2 Å². The van der Waals surface area contributed by atoms with Gasteiger partial charge in [-0.25, -0.2) is 0 Å². The van der Waals surface area contributed by atoms with Crippen molar-refractivity contribution in [1.29, 1.82) is 0 Å². The Hall–Kier alpha value is -4.74. The van der Waals surface area contributed by atoms with Gasteiger partial charge in [-0.2, -0.15) is 0 Å². The Morgan fingerprint density at radius 2 is 1.59 bits per heavy atom. The number of amides is 4. The van der Waals surface area contributed by atoms with Gasteiger partial charge in [-0.15, -0.1) is 0 Å². The number of rotatable bonds is 8. The third-order valence-electron chi connectivity index (χ3n) is 8.87. The van der Waals surface area contributed by atoms with Gasteiger partial charge in [0.15, 0.2) is 0 Å². The molecule has 1 fully saturated rings. The molecule has 2 heterocycles. The summed E-state index contributed by atoms with van der Waals surface area (Å²) >= 11 is 0. The SMILES string of the molecule is CC(C)[C@@H]1COc2ccccc2C(=O)N[C@H](C(=O)NCc2cccc(CN3CCOCC3)c2)CCC(=O)N[C@@H](Cc2ccccc2)C(=O)N1. The van der Waals surface area contributed by atoms with Gasteiger partial charge in [-0.1, -0.05) is 80.6 Å². The van der Waals surface area contributed by atoms with Crippen molar-refractivity contribution < 1.29 is 28.7 Å².